The molecule has 1 amide bonds. The van der Waals surface area contributed by atoms with Crippen LogP contribution < -0.4 is 0 Å². The second-order valence-corrected chi connectivity index (χ2v) is 5.77. The zero-order valence-electron chi connectivity index (χ0n) is 12.6. The smallest absolute Gasteiger partial charge is 0.253 e. The van der Waals surface area contributed by atoms with E-state index in [0.717, 1.165) is 25.2 Å². The summed E-state index contributed by atoms with van der Waals surface area (Å²) < 4.78 is 2.18. The van der Waals surface area contributed by atoms with Crippen LogP contribution in [0.15, 0.2) is 36.7 Å². The molecule has 5 heteroatoms. The fourth-order valence-electron chi connectivity index (χ4n) is 2.98. The first kappa shape index (κ1) is 14.3. The zero-order valence-corrected chi connectivity index (χ0v) is 12.6. The third-order valence-corrected chi connectivity index (χ3v) is 4.17. The van der Waals surface area contributed by atoms with Crippen molar-refractivity contribution in [2.45, 2.75) is 19.4 Å². The van der Waals surface area contributed by atoms with Gasteiger partial charge < -0.3 is 9.47 Å². The summed E-state index contributed by atoms with van der Waals surface area (Å²) in [5.41, 5.74) is 1.08. The van der Waals surface area contributed by atoms with Crippen LogP contribution in [0.2, 0.25) is 0 Å². The first-order valence-electron chi connectivity index (χ1n) is 7.43. The number of benzene rings is 1. The van der Waals surface area contributed by atoms with Crippen molar-refractivity contribution < 1.29 is 4.79 Å². The fraction of sp³-hybridized carbons (Fsp3) is 0.353. The number of imidazole rings is 1. The highest BCUT2D eigenvalue weighted by Crippen LogP contribution is 2.20. The normalized spacial score (nSPS) is 16.6. The predicted molar refractivity (Wildman–Crippen MR) is 82.2 cm³/mol. The van der Waals surface area contributed by atoms with Crippen molar-refractivity contribution in [1.29, 1.82) is 5.26 Å². The van der Waals surface area contributed by atoms with E-state index in [1.54, 1.807) is 29.2 Å². The topological polar surface area (TPSA) is 61.9 Å². The maximum absolute atomic E-state index is 12.5. The Kier molecular flexibility index (Phi) is 3.92. The molecule has 1 aromatic heterocycles. The lowest BCUT2D eigenvalue weighted by Crippen LogP contribution is -2.35. The largest absolute Gasteiger partial charge is 0.341 e. The van der Waals surface area contributed by atoms with Crippen molar-refractivity contribution in [3.63, 3.8) is 0 Å². The summed E-state index contributed by atoms with van der Waals surface area (Å²) in [6.45, 7) is 1.68. The number of aromatic nitrogens is 2. The Bertz CT molecular complexity index is 728. The number of carbonyl (C=O) groups is 1. The molecule has 0 radical (unpaired) electrons. The second kappa shape index (κ2) is 6.02. The van der Waals surface area contributed by atoms with E-state index < -0.39 is 0 Å². The molecule has 2 heterocycles. The second-order valence-electron chi connectivity index (χ2n) is 5.77. The predicted octanol–water partition coefficient (Wildman–Crippen LogP) is 2.09. The quantitative estimate of drug-likeness (QED) is 0.871. The molecule has 0 N–H and O–H groups in total. The van der Waals surface area contributed by atoms with Crippen molar-refractivity contribution in [3.8, 4) is 6.07 Å². The van der Waals surface area contributed by atoms with E-state index in [2.05, 4.69) is 15.6 Å². The summed E-state index contributed by atoms with van der Waals surface area (Å²) in [5, 5.41) is 8.93. The van der Waals surface area contributed by atoms with E-state index in [1.807, 2.05) is 19.4 Å². The van der Waals surface area contributed by atoms with Crippen LogP contribution in [0.1, 0.15) is 28.2 Å². The third kappa shape index (κ3) is 2.86. The monoisotopic (exact) mass is 294 g/mol. The number of rotatable bonds is 3. The Balaban J connectivity index is 1.66. The number of amides is 1. The first-order valence-corrected chi connectivity index (χ1v) is 7.43. The van der Waals surface area contributed by atoms with Gasteiger partial charge >= 0.3 is 0 Å². The Morgan fingerprint density at radius 1 is 1.55 bits per heavy atom. The van der Waals surface area contributed by atoms with Crippen LogP contribution in [0.25, 0.3) is 0 Å². The van der Waals surface area contributed by atoms with E-state index in [-0.39, 0.29) is 5.91 Å². The minimum atomic E-state index is -0.0361. The molecule has 1 aliphatic heterocycles. The summed E-state index contributed by atoms with van der Waals surface area (Å²) in [6, 6.07) is 8.92. The number of nitrogens with zero attached hydrogens (tertiary/aromatic N) is 4. The average Bonchev–Trinajstić information content (AvgIpc) is 3.01. The minimum absolute atomic E-state index is 0.0361. The maximum atomic E-state index is 12.5. The van der Waals surface area contributed by atoms with Gasteiger partial charge in [-0.05, 0) is 30.5 Å². The molecule has 112 valence electrons. The molecule has 1 atom stereocenters. The van der Waals surface area contributed by atoms with Crippen LogP contribution in [-0.2, 0) is 13.0 Å². The van der Waals surface area contributed by atoms with Gasteiger partial charge in [0.05, 0.1) is 11.6 Å². The Labute approximate surface area is 129 Å². The van der Waals surface area contributed by atoms with Crippen molar-refractivity contribution in [2.24, 2.45) is 5.92 Å². The van der Waals surface area contributed by atoms with Gasteiger partial charge in [-0.25, -0.2) is 4.98 Å². The lowest BCUT2D eigenvalue weighted by molar-refractivity contribution is 0.0764. The van der Waals surface area contributed by atoms with E-state index in [4.69, 9.17) is 5.26 Å². The van der Waals surface area contributed by atoms with Crippen LogP contribution in [0.4, 0.5) is 0 Å². The molecule has 0 spiro atoms. The number of hydrogen-bond donors (Lipinski definition) is 0. The van der Waals surface area contributed by atoms with E-state index in [0.29, 0.717) is 23.6 Å². The molecule has 0 aliphatic carbocycles. The molecule has 0 saturated heterocycles. The number of fused-ring (bicyclic) bond motifs is 1. The van der Waals surface area contributed by atoms with Crippen molar-refractivity contribution in [2.75, 3.05) is 13.6 Å². The van der Waals surface area contributed by atoms with Gasteiger partial charge in [0.15, 0.2) is 0 Å². The van der Waals surface area contributed by atoms with Crippen molar-refractivity contribution in [1.82, 2.24) is 14.5 Å². The van der Waals surface area contributed by atoms with Gasteiger partial charge in [0, 0.05) is 44.5 Å². The van der Waals surface area contributed by atoms with E-state index in [1.165, 1.54) is 0 Å². The summed E-state index contributed by atoms with van der Waals surface area (Å²) in [5.74, 6) is 1.50. The molecule has 1 aliphatic rings. The summed E-state index contributed by atoms with van der Waals surface area (Å²) in [7, 11) is 1.82. The molecular weight excluding hydrogens is 276 g/mol. The SMILES string of the molecule is CN(CC1CCn2ccnc2C1)C(=O)c1cccc(C#N)c1. The Hall–Kier alpha value is -2.61. The molecule has 1 aromatic carbocycles. The van der Waals surface area contributed by atoms with Gasteiger partial charge in [0.2, 0.25) is 0 Å². The standard InChI is InChI=1S/C17H18N4O/c1-20(17(22)15-4-2-3-13(9-15)11-18)12-14-5-7-21-8-6-19-16(21)10-14/h2-4,6,8-9,14H,5,7,10,12H2,1H3. The van der Waals surface area contributed by atoms with Crippen LogP contribution in [0.3, 0.4) is 0 Å². The average molecular weight is 294 g/mol. The Morgan fingerprint density at radius 2 is 2.41 bits per heavy atom. The van der Waals surface area contributed by atoms with Gasteiger partial charge in [-0.2, -0.15) is 5.26 Å². The highest BCUT2D eigenvalue weighted by atomic mass is 16.2. The van der Waals surface area contributed by atoms with Gasteiger partial charge in [-0.3, -0.25) is 4.79 Å². The third-order valence-electron chi connectivity index (χ3n) is 4.17. The van der Waals surface area contributed by atoms with Gasteiger partial charge in [0.1, 0.15) is 5.82 Å². The van der Waals surface area contributed by atoms with Gasteiger partial charge in [-0.15, -0.1) is 0 Å². The number of hydrogen-bond acceptors (Lipinski definition) is 3. The summed E-state index contributed by atoms with van der Waals surface area (Å²) >= 11 is 0. The first-order chi connectivity index (χ1) is 10.7. The van der Waals surface area contributed by atoms with E-state index >= 15 is 0 Å². The van der Waals surface area contributed by atoms with Gasteiger partial charge in [-0.1, -0.05) is 6.07 Å². The van der Waals surface area contributed by atoms with Crippen LogP contribution in [-0.4, -0.2) is 34.0 Å². The van der Waals surface area contributed by atoms with Crippen molar-refractivity contribution >= 4 is 5.91 Å². The van der Waals surface area contributed by atoms with Crippen LogP contribution >= 0.6 is 0 Å². The minimum Gasteiger partial charge on any atom is -0.341 e. The molecule has 0 fully saturated rings. The number of aryl methyl sites for hydroxylation is 1. The molecular formula is C17H18N4O. The van der Waals surface area contributed by atoms with Crippen LogP contribution in [0.5, 0.6) is 0 Å². The van der Waals surface area contributed by atoms with Gasteiger partial charge in [0.25, 0.3) is 5.91 Å². The maximum Gasteiger partial charge on any atom is 0.253 e. The molecule has 1 unspecified atom stereocenters. The highest BCUT2D eigenvalue weighted by Gasteiger charge is 2.22. The molecule has 0 saturated carbocycles. The van der Waals surface area contributed by atoms with Crippen molar-refractivity contribution in [3.05, 3.63) is 53.6 Å². The van der Waals surface area contributed by atoms with E-state index in [9.17, 15) is 4.79 Å². The fourth-order valence-corrected chi connectivity index (χ4v) is 2.98. The lowest BCUT2D eigenvalue weighted by Gasteiger charge is -2.28. The van der Waals surface area contributed by atoms with Crippen LogP contribution in [0, 0.1) is 17.2 Å². The lowest BCUT2D eigenvalue weighted by atomic mass is 9.97. The molecule has 22 heavy (non-hydrogen) atoms. The zero-order chi connectivity index (χ0) is 15.5. The number of nitriles is 1. The molecule has 0 bridgehead atoms. The molecule has 5 nitrogen and oxygen atoms in total. The Morgan fingerprint density at radius 3 is 3.23 bits per heavy atom. The molecule has 3 rings (SSSR count). The highest BCUT2D eigenvalue weighted by molar-refractivity contribution is 5.94. The summed E-state index contributed by atoms with van der Waals surface area (Å²) in [6.07, 6.45) is 5.80. The number of carbonyl (C=O) groups excluding carboxylic acids is 1. The summed E-state index contributed by atoms with van der Waals surface area (Å²) in [4.78, 5) is 18.6. The molecule has 2 aromatic rings.